The number of hydrogen-bond acceptors (Lipinski definition) is 9. The molecule has 1 aromatic carbocycles. The Balaban J connectivity index is 1.68. The SMILES string of the molecule is Cc1nnc(-c2c(N)ncnc2NC(C)c2nc3cccc(C)n3c(=O)c2-c2ccccc2)o1. The first-order chi connectivity index (χ1) is 16.4. The van der Waals surface area contributed by atoms with Crippen LogP contribution in [0.2, 0.25) is 0 Å². The molecule has 0 saturated carbocycles. The van der Waals surface area contributed by atoms with Crippen LogP contribution in [0.25, 0.3) is 28.2 Å². The third-order valence-electron chi connectivity index (χ3n) is 5.51. The van der Waals surface area contributed by atoms with Gasteiger partial charge in [-0.3, -0.25) is 9.20 Å². The summed E-state index contributed by atoms with van der Waals surface area (Å²) in [6.45, 7) is 5.48. The molecule has 170 valence electrons. The van der Waals surface area contributed by atoms with E-state index in [2.05, 4.69) is 25.5 Å². The summed E-state index contributed by atoms with van der Waals surface area (Å²) in [5.41, 5.74) is 9.59. The molecule has 1 atom stereocenters. The van der Waals surface area contributed by atoms with Crippen LogP contribution in [0.4, 0.5) is 11.6 Å². The van der Waals surface area contributed by atoms with Crippen molar-refractivity contribution in [2.45, 2.75) is 26.8 Å². The minimum atomic E-state index is -0.425. The zero-order valence-corrected chi connectivity index (χ0v) is 18.9. The average Bonchev–Trinajstić information content (AvgIpc) is 3.25. The number of nitrogens with two attached hydrogens (primary N) is 1. The van der Waals surface area contributed by atoms with Crippen molar-refractivity contribution in [2.75, 3.05) is 11.1 Å². The Kier molecular flexibility index (Phi) is 5.25. The molecular weight excluding hydrogens is 432 g/mol. The largest absolute Gasteiger partial charge is 0.421 e. The van der Waals surface area contributed by atoms with Gasteiger partial charge in [-0.1, -0.05) is 36.4 Å². The molecular formula is C24H22N8O2. The standard InChI is InChI=1S/C24H22N8O2/c1-13-8-7-11-17-29-20(18(24(33)32(13)17)16-9-5-4-6-10-16)14(2)28-22-19(21(25)26-12-27-22)23-31-30-15(3)34-23/h4-12,14H,1-3H3,(H3,25,26,27,28). The minimum Gasteiger partial charge on any atom is -0.421 e. The predicted octanol–water partition coefficient (Wildman–Crippen LogP) is 3.57. The van der Waals surface area contributed by atoms with Crippen molar-refractivity contribution in [3.05, 3.63) is 82.5 Å². The summed E-state index contributed by atoms with van der Waals surface area (Å²) in [5, 5.41) is 11.3. The third kappa shape index (κ3) is 3.64. The Hall–Kier alpha value is -4.60. The van der Waals surface area contributed by atoms with Gasteiger partial charge >= 0.3 is 0 Å². The van der Waals surface area contributed by atoms with E-state index in [0.717, 1.165) is 11.3 Å². The summed E-state index contributed by atoms with van der Waals surface area (Å²) in [6, 6.07) is 14.6. The van der Waals surface area contributed by atoms with Crippen molar-refractivity contribution >= 4 is 17.3 Å². The zero-order valence-electron chi connectivity index (χ0n) is 18.9. The van der Waals surface area contributed by atoms with Crippen LogP contribution in [-0.4, -0.2) is 29.5 Å². The van der Waals surface area contributed by atoms with Gasteiger partial charge in [0.2, 0.25) is 5.89 Å². The van der Waals surface area contributed by atoms with Crippen LogP contribution in [0.15, 0.2) is 64.1 Å². The molecule has 3 N–H and O–H groups in total. The van der Waals surface area contributed by atoms with Crippen molar-refractivity contribution in [1.82, 2.24) is 29.5 Å². The zero-order chi connectivity index (χ0) is 23.8. The lowest BCUT2D eigenvalue weighted by Gasteiger charge is -2.20. The van der Waals surface area contributed by atoms with Crippen LogP contribution < -0.4 is 16.6 Å². The molecule has 0 spiro atoms. The number of aromatic nitrogens is 6. The second kappa shape index (κ2) is 8.39. The lowest BCUT2D eigenvalue weighted by atomic mass is 10.0. The first kappa shape index (κ1) is 21.3. The topological polar surface area (TPSA) is 137 Å². The summed E-state index contributed by atoms with van der Waals surface area (Å²) in [5.74, 6) is 1.19. The first-order valence-electron chi connectivity index (χ1n) is 10.7. The fourth-order valence-electron chi connectivity index (χ4n) is 3.94. The summed E-state index contributed by atoms with van der Waals surface area (Å²) >= 11 is 0. The van der Waals surface area contributed by atoms with Crippen LogP contribution in [0.5, 0.6) is 0 Å². The average molecular weight is 454 g/mol. The van der Waals surface area contributed by atoms with Gasteiger partial charge < -0.3 is 15.5 Å². The Morgan fingerprint density at radius 1 is 1.00 bits per heavy atom. The second-order valence-corrected chi connectivity index (χ2v) is 7.88. The van der Waals surface area contributed by atoms with Crippen LogP contribution in [0.1, 0.15) is 30.2 Å². The van der Waals surface area contributed by atoms with E-state index in [1.165, 1.54) is 6.33 Å². The first-order valence-corrected chi connectivity index (χ1v) is 10.7. The summed E-state index contributed by atoms with van der Waals surface area (Å²) in [7, 11) is 0. The van der Waals surface area contributed by atoms with Gasteiger partial charge in [-0.25, -0.2) is 15.0 Å². The summed E-state index contributed by atoms with van der Waals surface area (Å²) in [6.07, 6.45) is 1.35. The smallest absolute Gasteiger partial charge is 0.266 e. The number of fused-ring (bicyclic) bond motifs is 1. The van der Waals surface area contributed by atoms with Crippen molar-refractivity contribution in [1.29, 1.82) is 0 Å². The molecule has 0 radical (unpaired) electrons. The molecule has 10 heteroatoms. The highest BCUT2D eigenvalue weighted by Gasteiger charge is 2.24. The molecule has 0 fully saturated rings. The lowest BCUT2D eigenvalue weighted by molar-refractivity contribution is 0.532. The van der Waals surface area contributed by atoms with Crippen molar-refractivity contribution < 1.29 is 4.42 Å². The molecule has 0 aliphatic carbocycles. The number of nitrogen functional groups attached to an aromatic ring is 1. The van der Waals surface area contributed by atoms with E-state index in [4.69, 9.17) is 15.1 Å². The molecule has 0 saturated heterocycles. The molecule has 5 rings (SSSR count). The van der Waals surface area contributed by atoms with Crippen LogP contribution in [-0.2, 0) is 0 Å². The predicted molar refractivity (Wildman–Crippen MR) is 128 cm³/mol. The molecule has 10 nitrogen and oxygen atoms in total. The molecule has 0 aliphatic rings. The van der Waals surface area contributed by atoms with Gasteiger partial charge in [-0.2, -0.15) is 0 Å². The second-order valence-electron chi connectivity index (χ2n) is 7.88. The summed E-state index contributed by atoms with van der Waals surface area (Å²) in [4.78, 5) is 27.0. The van der Waals surface area contributed by atoms with Gasteiger partial charge in [0.25, 0.3) is 11.4 Å². The molecule has 0 aliphatic heterocycles. The molecule has 0 amide bonds. The highest BCUT2D eigenvalue weighted by molar-refractivity contribution is 5.79. The number of nitrogens with zero attached hydrogens (tertiary/aromatic N) is 6. The Morgan fingerprint density at radius 3 is 2.53 bits per heavy atom. The minimum absolute atomic E-state index is 0.145. The van der Waals surface area contributed by atoms with Crippen molar-refractivity contribution in [2.24, 2.45) is 0 Å². The number of benzene rings is 1. The van der Waals surface area contributed by atoms with E-state index in [1.54, 1.807) is 11.3 Å². The van der Waals surface area contributed by atoms with Crippen molar-refractivity contribution in [3.8, 4) is 22.6 Å². The maximum atomic E-state index is 13.7. The quantitative estimate of drug-likeness (QED) is 0.408. The molecule has 0 bridgehead atoms. The van der Waals surface area contributed by atoms with Gasteiger partial charge in [0, 0.05) is 12.6 Å². The number of rotatable bonds is 5. The number of hydrogen-bond donors (Lipinski definition) is 2. The van der Waals surface area contributed by atoms with Gasteiger partial charge in [0.15, 0.2) is 0 Å². The van der Waals surface area contributed by atoms with E-state index < -0.39 is 6.04 Å². The van der Waals surface area contributed by atoms with E-state index in [9.17, 15) is 4.79 Å². The van der Waals surface area contributed by atoms with E-state index in [1.807, 2.05) is 62.4 Å². The number of pyridine rings is 1. The fraction of sp³-hybridized carbons (Fsp3) is 0.167. The maximum absolute atomic E-state index is 13.7. The number of anilines is 2. The van der Waals surface area contributed by atoms with E-state index >= 15 is 0 Å². The Labute approximate surface area is 194 Å². The van der Waals surface area contributed by atoms with Gasteiger partial charge in [-0.15, -0.1) is 10.2 Å². The number of nitrogens with one attached hydrogen (secondary N) is 1. The summed E-state index contributed by atoms with van der Waals surface area (Å²) < 4.78 is 7.19. The van der Waals surface area contributed by atoms with Gasteiger partial charge in [-0.05, 0) is 31.5 Å². The molecule has 4 heterocycles. The Morgan fingerprint density at radius 2 is 1.79 bits per heavy atom. The van der Waals surface area contributed by atoms with E-state index in [0.29, 0.717) is 34.2 Å². The maximum Gasteiger partial charge on any atom is 0.266 e. The highest BCUT2D eigenvalue weighted by Crippen LogP contribution is 2.33. The van der Waals surface area contributed by atoms with Crippen LogP contribution >= 0.6 is 0 Å². The highest BCUT2D eigenvalue weighted by atomic mass is 16.4. The lowest BCUT2D eigenvalue weighted by Crippen LogP contribution is -2.24. The fourth-order valence-corrected chi connectivity index (χ4v) is 3.94. The monoisotopic (exact) mass is 454 g/mol. The van der Waals surface area contributed by atoms with Crippen molar-refractivity contribution in [3.63, 3.8) is 0 Å². The van der Waals surface area contributed by atoms with Gasteiger partial charge in [0.05, 0.1) is 17.3 Å². The third-order valence-corrected chi connectivity index (χ3v) is 5.51. The van der Waals surface area contributed by atoms with Crippen LogP contribution in [0, 0.1) is 13.8 Å². The number of aryl methyl sites for hydroxylation is 2. The molecule has 4 aromatic heterocycles. The van der Waals surface area contributed by atoms with Crippen LogP contribution in [0.3, 0.4) is 0 Å². The Bertz CT molecular complexity index is 1560. The molecule has 1 unspecified atom stereocenters. The van der Waals surface area contributed by atoms with E-state index in [-0.39, 0.29) is 17.3 Å². The van der Waals surface area contributed by atoms with Gasteiger partial charge in [0.1, 0.15) is 29.2 Å². The molecule has 5 aromatic rings. The normalized spacial score (nSPS) is 12.1. The molecule has 34 heavy (non-hydrogen) atoms.